The summed E-state index contributed by atoms with van der Waals surface area (Å²) in [5.74, 6) is 0.698. The SMILES string of the molecule is C=C1CC[C@@H](Oc2ccc(B3OC(=O)CN(C)CC(=O)O3)cc2)C/C=C\C=C/1Oc1ccc(C#N)cn1. The van der Waals surface area contributed by atoms with Gasteiger partial charge in [0.2, 0.25) is 5.88 Å². The monoisotopic (exact) mass is 499 g/mol. The molecule has 2 heterocycles. The van der Waals surface area contributed by atoms with E-state index >= 15 is 0 Å². The Morgan fingerprint density at radius 3 is 2.51 bits per heavy atom. The molecule has 188 valence electrons. The van der Waals surface area contributed by atoms with E-state index in [-0.39, 0.29) is 19.2 Å². The second-order valence-corrected chi connectivity index (χ2v) is 8.73. The third-order valence-corrected chi connectivity index (χ3v) is 5.71. The highest BCUT2D eigenvalue weighted by molar-refractivity contribution is 6.64. The Morgan fingerprint density at radius 1 is 1.14 bits per heavy atom. The Bertz CT molecular complexity index is 1230. The highest BCUT2D eigenvalue weighted by Crippen LogP contribution is 2.24. The third kappa shape index (κ3) is 7.32. The van der Waals surface area contributed by atoms with Crippen LogP contribution in [-0.2, 0) is 18.9 Å². The van der Waals surface area contributed by atoms with E-state index in [4.69, 9.17) is 24.0 Å². The van der Waals surface area contributed by atoms with Gasteiger partial charge in [-0.3, -0.25) is 14.5 Å². The summed E-state index contributed by atoms with van der Waals surface area (Å²) in [6.07, 6.45) is 9.12. The number of allylic oxidation sites excluding steroid dienone is 3. The highest BCUT2D eigenvalue weighted by atomic mass is 16.6. The largest absolute Gasteiger partial charge is 0.636 e. The van der Waals surface area contributed by atoms with Crippen LogP contribution < -0.4 is 14.9 Å². The maximum Gasteiger partial charge on any atom is 0.636 e. The molecule has 37 heavy (non-hydrogen) atoms. The molecule has 0 N–H and O–H groups in total. The normalized spacial score (nSPS) is 21.4. The second-order valence-electron chi connectivity index (χ2n) is 8.73. The molecule has 1 aromatic heterocycles. The van der Waals surface area contributed by atoms with Crippen molar-refractivity contribution in [3.8, 4) is 17.7 Å². The van der Waals surface area contributed by atoms with Gasteiger partial charge in [0.15, 0.2) is 0 Å². The number of hydrogen-bond donors (Lipinski definition) is 0. The molecular formula is C27H26BN3O6. The number of ether oxygens (including phenoxy) is 2. The average Bonchev–Trinajstić information content (AvgIpc) is 2.95. The first-order valence-corrected chi connectivity index (χ1v) is 11.8. The van der Waals surface area contributed by atoms with Crippen LogP contribution in [0.4, 0.5) is 0 Å². The van der Waals surface area contributed by atoms with Gasteiger partial charge in [-0.05, 0) is 49.7 Å². The Balaban J connectivity index is 1.35. The van der Waals surface area contributed by atoms with E-state index in [1.165, 1.54) is 11.1 Å². The molecule has 1 atom stereocenters. The lowest BCUT2D eigenvalue weighted by atomic mass is 9.78. The summed E-state index contributed by atoms with van der Waals surface area (Å²) in [5.41, 5.74) is 1.81. The van der Waals surface area contributed by atoms with Crippen LogP contribution >= 0.6 is 0 Å². The van der Waals surface area contributed by atoms with Gasteiger partial charge in [-0.25, -0.2) is 4.98 Å². The summed E-state index contributed by atoms with van der Waals surface area (Å²) in [6, 6.07) is 12.3. The maximum atomic E-state index is 12.0. The molecule has 4 rings (SSSR count). The van der Waals surface area contributed by atoms with Crippen LogP contribution in [0, 0.1) is 11.3 Å². The number of likely N-dealkylation sites (N-methyl/N-ethyl adjacent to an activating group) is 1. The van der Waals surface area contributed by atoms with E-state index in [0.29, 0.717) is 47.7 Å². The molecule has 10 heteroatoms. The minimum atomic E-state index is -1.09. The summed E-state index contributed by atoms with van der Waals surface area (Å²) < 4.78 is 22.7. The zero-order valence-electron chi connectivity index (χ0n) is 20.5. The van der Waals surface area contributed by atoms with Crippen LogP contribution in [-0.4, -0.2) is 55.2 Å². The number of rotatable bonds is 5. The number of carbonyl (C=O) groups excluding carboxylic acids is 2. The predicted octanol–water partition coefficient (Wildman–Crippen LogP) is 2.69. The van der Waals surface area contributed by atoms with Crippen molar-refractivity contribution in [2.75, 3.05) is 20.1 Å². The average molecular weight is 499 g/mol. The molecule has 9 nitrogen and oxygen atoms in total. The van der Waals surface area contributed by atoms with Gasteiger partial charge in [0, 0.05) is 24.1 Å². The number of nitriles is 1. The first-order valence-electron chi connectivity index (χ1n) is 11.8. The van der Waals surface area contributed by atoms with Gasteiger partial charge in [0.25, 0.3) is 0 Å². The Kier molecular flexibility index (Phi) is 8.38. The van der Waals surface area contributed by atoms with E-state index in [2.05, 4.69) is 11.6 Å². The van der Waals surface area contributed by atoms with Crippen LogP contribution in [0.5, 0.6) is 11.6 Å². The fraction of sp³-hybridized carbons (Fsp3) is 0.259. The molecule has 1 aliphatic carbocycles. The Labute approximate surface area is 215 Å². The summed E-state index contributed by atoms with van der Waals surface area (Å²) >= 11 is 0. The van der Waals surface area contributed by atoms with Crippen LogP contribution in [0.15, 0.2) is 78.7 Å². The number of hydrogen-bond acceptors (Lipinski definition) is 9. The van der Waals surface area contributed by atoms with E-state index in [0.717, 1.165) is 5.57 Å². The number of benzene rings is 1. The fourth-order valence-electron chi connectivity index (χ4n) is 3.78. The van der Waals surface area contributed by atoms with Crippen LogP contribution in [0.2, 0.25) is 0 Å². The quantitative estimate of drug-likeness (QED) is 0.574. The van der Waals surface area contributed by atoms with Crippen molar-refractivity contribution in [2.45, 2.75) is 25.4 Å². The van der Waals surface area contributed by atoms with Gasteiger partial charge in [-0.1, -0.05) is 30.9 Å². The topological polar surface area (TPSA) is 111 Å². The molecule has 1 fully saturated rings. The van der Waals surface area contributed by atoms with Crippen molar-refractivity contribution in [1.82, 2.24) is 9.88 Å². The molecule has 1 saturated heterocycles. The zero-order chi connectivity index (χ0) is 26.2. The molecular weight excluding hydrogens is 473 g/mol. The predicted molar refractivity (Wildman–Crippen MR) is 136 cm³/mol. The Morgan fingerprint density at radius 2 is 1.86 bits per heavy atom. The van der Waals surface area contributed by atoms with Crippen molar-refractivity contribution >= 4 is 24.5 Å². The zero-order valence-corrected chi connectivity index (χ0v) is 20.5. The van der Waals surface area contributed by atoms with Gasteiger partial charge >= 0.3 is 19.1 Å². The second kappa shape index (κ2) is 12.1. The summed E-state index contributed by atoms with van der Waals surface area (Å²) in [7, 11) is 0.557. The van der Waals surface area contributed by atoms with Gasteiger partial charge in [-0.2, -0.15) is 5.26 Å². The standard InChI is InChI=1S/C27H26BN3O6/c1-19-7-11-22(5-3-4-6-24(19)35-25-14-8-20(15-29)16-30-25)34-23-12-9-21(10-13-23)28-36-26(32)17-31(2)18-27(33)37-28/h3-4,6,8-10,12-14,16,22H,1,5,7,11,17-18H2,2H3/b4-3-,24-6+/t22-/m0/s1. The van der Waals surface area contributed by atoms with Crippen LogP contribution in [0.3, 0.4) is 0 Å². The lowest BCUT2D eigenvalue weighted by Crippen LogP contribution is -2.47. The Hall–Kier alpha value is -4.36. The summed E-state index contributed by atoms with van der Waals surface area (Å²) in [5, 5.41) is 8.93. The molecule has 2 aromatic rings. The van der Waals surface area contributed by atoms with E-state index in [1.807, 2.05) is 24.3 Å². The first kappa shape index (κ1) is 25.7. The molecule has 0 saturated carbocycles. The molecule has 0 unspecified atom stereocenters. The van der Waals surface area contributed by atoms with E-state index in [1.54, 1.807) is 43.4 Å². The van der Waals surface area contributed by atoms with Gasteiger partial charge < -0.3 is 18.8 Å². The van der Waals surface area contributed by atoms with Crippen LogP contribution in [0.25, 0.3) is 0 Å². The first-order chi connectivity index (χ1) is 17.9. The fourth-order valence-corrected chi connectivity index (χ4v) is 3.78. The van der Waals surface area contributed by atoms with Gasteiger partial charge in [-0.15, -0.1) is 0 Å². The minimum absolute atomic E-state index is 0.0128. The molecule has 2 aliphatic rings. The van der Waals surface area contributed by atoms with Gasteiger partial charge in [0.05, 0.1) is 18.7 Å². The maximum absolute atomic E-state index is 12.0. The molecule has 0 radical (unpaired) electrons. The van der Waals surface area contributed by atoms with Crippen LogP contribution in [0.1, 0.15) is 24.8 Å². The minimum Gasteiger partial charge on any atom is -0.494 e. The van der Waals surface area contributed by atoms with Crippen molar-refractivity contribution in [3.05, 3.63) is 84.3 Å². The molecule has 1 aliphatic heterocycles. The number of carbonyl (C=O) groups is 2. The van der Waals surface area contributed by atoms with E-state index < -0.39 is 19.1 Å². The summed E-state index contributed by atoms with van der Waals surface area (Å²) in [6.45, 7) is 4.18. The van der Waals surface area contributed by atoms with Crippen molar-refractivity contribution in [2.24, 2.45) is 0 Å². The number of nitrogens with zero attached hydrogens (tertiary/aromatic N) is 3. The third-order valence-electron chi connectivity index (χ3n) is 5.71. The lowest BCUT2D eigenvalue weighted by molar-refractivity contribution is -0.145. The highest BCUT2D eigenvalue weighted by Gasteiger charge is 2.33. The van der Waals surface area contributed by atoms with Crippen molar-refractivity contribution in [1.29, 1.82) is 5.26 Å². The lowest BCUT2D eigenvalue weighted by Gasteiger charge is -2.23. The number of pyridine rings is 1. The molecule has 0 bridgehead atoms. The molecule has 0 spiro atoms. The van der Waals surface area contributed by atoms with Crippen molar-refractivity contribution in [3.63, 3.8) is 0 Å². The van der Waals surface area contributed by atoms with Gasteiger partial charge in [0.1, 0.15) is 23.7 Å². The van der Waals surface area contributed by atoms with Crippen molar-refractivity contribution < 1.29 is 28.4 Å². The summed E-state index contributed by atoms with van der Waals surface area (Å²) in [4.78, 5) is 29.7. The number of aromatic nitrogens is 1. The molecule has 0 amide bonds. The smallest absolute Gasteiger partial charge is 0.494 e. The van der Waals surface area contributed by atoms with E-state index in [9.17, 15) is 9.59 Å². The molecule has 1 aromatic carbocycles.